The van der Waals surface area contributed by atoms with Crippen LogP contribution >= 0.6 is 11.8 Å². The second-order valence-corrected chi connectivity index (χ2v) is 9.72. The van der Waals surface area contributed by atoms with Crippen molar-refractivity contribution >= 4 is 27.7 Å². The normalized spacial score (nSPS) is 15.2. The van der Waals surface area contributed by atoms with E-state index >= 15 is 0 Å². The molecule has 0 spiro atoms. The third-order valence-corrected chi connectivity index (χ3v) is 7.61. The van der Waals surface area contributed by atoms with Crippen molar-refractivity contribution in [2.45, 2.75) is 10.1 Å². The molecule has 4 rings (SSSR count). The lowest BCUT2D eigenvalue weighted by Gasteiger charge is -2.34. The molecule has 3 aromatic rings. The van der Waals surface area contributed by atoms with Crippen molar-refractivity contribution in [3.05, 3.63) is 66.7 Å². The highest BCUT2D eigenvalue weighted by Crippen LogP contribution is 2.19. The molecule has 0 unspecified atom stereocenters. The predicted octanol–water partition coefficient (Wildman–Crippen LogP) is 2.03. The minimum absolute atomic E-state index is 0.0457. The van der Waals surface area contributed by atoms with Crippen LogP contribution in [0.2, 0.25) is 0 Å². The van der Waals surface area contributed by atoms with E-state index in [4.69, 9.17) is 0 Å². The van der Waals surface area contributed by atoms with Crippen molar-refractivity contribution in [1.82, 2.24) is 24.0 Å². The summed E-state index contributed by atoms with van der Waals surface area (Å²) in [6, 6.07) is 14.3. The Labute approximate surface area is 183 Å². The van der Waals surface area contributed by atoms with Crippen LogP contribution in [0.5, 0.6) is 0 Å². The monoisotopic (exact) mass is 461 g/mol. The molecule has 0 N–H and O–H groups in total. The Morgan fingerprint density at radius 3 is 2.35 bits per heavy atom. The highest BCUT2D eigenvalue weighted by atomic mass is 32.2. The third kappa shape index (κ3) is 4.94. The number of amides is 1. The highest BCUT2D eigenvalue weighted by molar-refractivity contribution is 7.99. The molecule has 1 aliphatic heterocycles. The fourth-order valence-corrected chi connectivity index (χ4v) is 5.29. The Morgan fingerprint density at radius 1 is 1.00 bits per heavy atom. The fourth-order valence-electron chi connectivity index (χ4n) is 3.17. The maximum absolute atomic E-state index is 13.1. The summed E-state index contributed by atoms with van der Waals surface area (Å²) in [7, 11) is -3.71. The van der Waals surface area contributed by atoms with Gasteiger partial charge in [0.25, 0.3) is 0 Å². The largest absolute Gasteiger partial charge is 0.339 e. The summed E-state index contributed by atoms with van der Waals surface area (Å²) in [6.45, 7) is 0.978. The standard InChI is InChI=1S/C20H20FN5O3S2/c21-16-6-8-18(9-7-16)31(28,29)25-12-10-24(11-13-25)19(27)14-30-20-22-15-26(23-20)17-4-2-1-3-5-17/h1-9,15H,10-14H2. The number of para-hydroxylation sites is 1. The van der Waals surface area contributed by atoms with E-state index in [1.54, 1.807) is 15.9 Å². The molecule has 0 saturated carbocycles. The van der Waals surface area contributed by atoms with E-state index in [1.165, 1.54) is 28.2 Å². The Balaban J connectivity index is 1.30. The Bertz CT molecular complexity index is 1150. The zero-order chi connectivity index (χ0) is 21.8. The van der Waals surface area contributed by atoms with Gasteiger partial charge in [-0.3, -0.25) is 4.79 Å². The van der Waals surface area contributed by atoms with Gasteiger partial charge in [0.1, 0.15) is 12.1 Å². The molecule has 1 amide bonds. The van der Waals surface area contributed by atoms with Crippen LogP contribution in [-0.4, -0.2) is 70.2 Å². The molecule has 8 nitrogen and oxygen atoms in total. The Hall–Kier alpha value is -2.76. The topological polar surface area (TPSA) is 88.4 Å². The molecule has 162 valence electrons. The van der Waals surface area contributed by atoms with Crippen LogP contribution in [0.15, 0.2) is 71.0 Å². The summed E-state index contributed by atoms with van der Waals surface area (Å²) in [5.74, 6) is -0.418. The third-order valence-electron chi connectivity index (χ3n) is 4.86. The van der Waals surface area contributed by atoms with E-state index in [-0.39, 0.29) is 29.6 Å². The number of halogens is 1. The van der Waals surface area contributed by atoms with Crippen molar-refractivity contribution in [2.24, 2.45) is 0 Å². The fraction of sp³-hybridized carbons (Fsp3) is 0.250. The van der Waals surface area contributed by atoms with Crippen molar-refractivity contribution in [3.63, 3.8) is 0 Å². The second kappa shape index (κ2) is 9.16. The van der Waals surface area contributed by atoms with Crippen LogP contribution in [-0.2, 0) is 14.8 Å². The zero-order valence-corrected chi connectivity index (χ0v) is 18.1. The summed E-state index contributed by atoms with van der Waals surface area (Å²) in [6.07, 6.45) is 1.60. The van der Waals surface area contributed by atoms with Crippen LogP contribution in [0.3, 0.4) is 0 Å². The first kappa shape index (κ1) is 21.5. The highest BCUT2D eigenvalue weighted by Gasteiger charge is 2.30. The van der Waals surface area contributed by atoms with E-state index in [0.717, 1.165) is 17.8 Å². The maximum Gasteiger partial charge on any atom is 0.243 e. The summed E-state index contributed by atoms with van der Waals surface area (Å²) < 4.78 is 41.4. The average Bonchev–Trinajstić information content (AvgIpc) is 3.27. The molecule has 0 radical (unpaired) electrons. The van der Waals surface area contributed by atoms with E-state index in [2.05, 4.69) is 10.1 Å². The number of piperazine rings is 1. The smallest absolute Gasteiger partial charge is 0.243 e. The first-order valence-corrected chi connectivity index (χ1v) is 12.0. The number of rotatable bonds is 6. The van der Waals surface area contributed by atoms with Crippen LogP contribution in [0, 0.1) is 5.82 Å². The molecular weight excluding hydrogens is 441 g/mol. The van der Waals surface area contributed by atoms with Crippen LogP contribution in [0.25, 0.3) is 5.69 Å². The number of hydrogen-bond donors (Lipinski definition) is 0. The zero-order valence-electron chi connectivity index (χ0n) is 16.5. The van der Waals surface area contributed by atoms with Gasteiger partial charge in [0.15, 0.2) is 0 Å². The van der Waals surface area contributed by atoms with Gasteiger partial charge in [-0.25, -0.2) is 22.5 Å². The van der Waals surface area contributed by atoms with Gasteiger partial charge in [0.05, 0.1) is 16.3 Å². The number of aromatic nitrogens is 3. The molecule has 0 aliphatic carbocycles. The minimum Gasteiger partial charge on any atom is -0.339 e. The molecule has 2 heterocycles. The summed E-state index contributed by atoms with van der Waals surface area (Å²) in [5, 5.41) is 4.86. The molecule has 1 fully saturated rings. The predicted molar refractivity (Wildman–Crippen MR) is 114 cm³/mol. The number of carbonyl (C=O) groups is 1. The van der Waals surface area contributed by atoms with Crippen molar-refractivity contribution < 1.29 is 17.6 Å². The first-order valence-electron chi connectivity index (χ1n) is 9.57. The van der Waals surface area contributed by atoms with Gasteiger partial charge in [-0.05, 0) is 36.4 Å². The lowest BCUT2D eigenvalue weighted by molar-refractivity contribution is -0.129. The lowest BCUT2D eigenvalue weighted by atomic mass is 10.3. The van der Waals surface area contributed by atoms with Crippen LogP contribution in [0.1, 0.15) is 0 Å². The quantitative estimate of drug-likeness (QED) is 0.522. The van der Waals surface area contributed by atoms with E-state index in [0.29, 0.717) is 18.2 Å². The van der Waals surface area contributed by atoms with Gasteiger partial charge in [0.2, 0.25) is 21.1 Å². The summed E-state index contributed by atoms with van der Waals surface area (Å²) in [4.78, 5) is 18.5. The number of sulfonamides is 1. The molecule has 2 aromatic carbocycles. The molecule has 11 heteroatoms. The first-order chi connectivity index (χ1) is 14.9. The number of benzene rings is 2. The van der Waals surface area contributed by atoms with Crippen LogP contribution in [0.4, 0.5) is 4.39 Å². The van der Waals surface area contributed by atoms with Gasteiger partial charge >= 0.3 is 0 Å². The molecular formula is C20H20FN5O3S2. The number of hydrogen-bond acceptors (Lipinski definition) is 6. The molecule has 1 aliphatic rings. The molecule has 0 atom stereocenters. The Kier molecular flexibility index (Phi) is 6.35. The van der Waals surface area contributed by atoms with Gasteiger partial charge in [-0.15, -0.1) is 5.10 Å². The second-order valence-electron chi connectivity index (χ2n) is 6.83. The molecule has 1 saturated heterocycles. The van der Waals surface area contributed by atoms with Gasteiger partial charge in [0, 0.05) is 26.2 Å². The number of thioether (sulfide) groups is 1. The van der Waals surface area contributed by atoms with Crippen molar-refractivity contribution in [2.75, 3.05) is 31.9 Å². The molecule has 0 bridgehead atoms. The van der Waals surface area contributed by atoms with Crippen molar-refractivity contribution in [1.29, 1.82) is 0 Å². The van der Waals surface area contributed by atoms with Crippen molar-refractivity contribution in [3.8, 4) is 5.69 Å². The minimum atomic E-state index is -3.71. The van der Waals surface area contributed by atoms with Gasteiger partial charge < -0.3 is 4.90 Å². The summed E-state index contributed by atoms with van der Waals surface area (Å²) in [5.41, 5.74) is 0.881. The SMILES string of the molecule is O=C(CSc1ncn(-c2ccccc2)n1)N1CCN(S(=O)(=O)c2ccc(F)cc2)CC1. The van der Waals surface area contributed by atoms with E-state index in [9.17, 15) is 17.6 Å². The van der Waals surface area contributed by atoms with Crippen LogP contribution < -0.4 is 0 Å². The van der Waals surface area contributed by atoms with E-state index in [1.807, 2.05) is 30.3 Å². The maximum atomic E-state index is 13.1. The van der Waals surface area contributed by atoms with Gasteiger partial charge in [-0.1, -0.05) is 30.0 Å². The number of nitrogens with zero attached hydrogens (tertiary/aromatic N) is 5. The molecule has 31 heavy (non-hydrogen) atoms. The lowest BCUT2D eigenvalue weighted by Crippen LogP contribution is -2.50. The van der Waals surface area contributed by atoms with Gasteiger partial charge in [-0.2, -0.15) is 4.31 Å². The Morgan fingerprint density at radius 2 is 1.68 bits per heavy atom. The summed E-state index contributed by atoms with van der Waals surface area (Å²) >= 11 is 1.24. The number of carbonyl (C=O) groups excluding carboxylic acids is 1. The average molecular weight is 462 g/mol. The van der Waals surface area contributed by atoms with E-state index < -0.39 is 15.8 Å². The molecule has 1 aromatic heterocycles.